The minimum Gasteiger partial charge on any atom is -0.373 e. The van der Waals surface area contributed by atoms with Crippen LogP contribution in [0.5, 0.6) is 0 Å². The Bertz CT molecular complexity index is 570. The molecule has 0 aliphatic rings. The van der Waals surface area contributed by atoms with Gasteiger partial charge in [0.2, 0.25) is 0 Å². The third kappa shape index (κ3) is 4.12. The molecule has 106 valence electrons. The predicted octanol–water partition coefficient (Wildman–Crippen LogP) is 4.59. The minimum absolute atomic E-state index is 0.393. The van der Waals surface area contributed by atoms with Crippen molar-refractivity contribution in [1.29, 1.82) is 0 Å². The maximum absolute atomic E-state index is 5.88. The number of benzene rings is 1. The fraction of sp³-hybridized carbons (Fsp3) is 0.333. The Hall–Kier alpha value is -1.26. The lowest BCUT2D eigenvalue weighted by Gasteiger charge is -2.10. The smallest absolute Gasteiger partial charge is 0.141 e. The van der Waals surface area contributed by atoms with Crippen LogP contribution in [0.15, 0.2) is 35.2 Å². The van der Waals surface area contributed by atoms with Crippen LogP contribution in [0, 0.1) is 0 Å². The highest BCUT2D eigenvalue weighted by Gasteiger charge is 2.07. The van der Waals surface area contributed by atoms with Crippen molar-refractivity contribution in [2.45, 2.75) is 30.4 Å². The quantitative estimate of drug-likeness (QED) is 0.820. The van der Waals surface area contributed by atoms with E-state index < -0.39 is 0 Å². The molecule has 0 bridgehead atoms. The molecule has 0 aliphatic carbocycles. The molecule has 0 saturated heterocycles. The Morgan fingerprint density at radius 1 is 1.20 bits per heavy atom. The van der Waals surface area contributed by atoms with E-state index in [1.807, 2.05) is 37.4 Å². The maximum Gasteiger partial charge on any atom is 0.141 e. The first-order valence-corrected chi connectivity index (χ1v) is 7.89. The third-order valence-corrected chi connectivity index (χ3v) is 4.08. The highest BCUT2D eigenvalue weighted by Crippen LogP contribution is 2.24. The van der Waals surface area contributed by atoms with E-state index in [1.165, 1.54) is 4.90 Å². The third-order valence-electron chi connectivity index (χ3n) is 2.82. The van der Waals surface area contributed by atoms with Gasteiger partial charge in [0.15, 0.2) is 0 Å². The zero-order chi connectivity index (χ0) is 14.5. The van der Waals surface area contributed by atoms with Crippen molar-refractivity contribution in [1.82, 2.24) is 9.97 Å². The van der Waals surface area contributed by atoms with Gasteiger partial charge in [-0.15, -0.1) is 11.8 Å². The molecular weight excluding hydrogens is 290 g/mol. The van der Waals surface area contributed by atoms with Gasteiger partial charge in [0, 0.05) is 28.7 Å². The molecule has 20 heavy (non-hydrogen) atoms. The Kier molecular flexibility index (Phi) is 5.26. The minimum atomic E-state index is 0.393. The molecule has 2 aromatic rings. The molecular formula is C15H18ClN3S. The summed E-state index contributed by atoms with van der Waals surface area (Å²) in [6, 6.07) is 9.82. The highest BCUT2D eigenvalue weighted by atomic mass is 35.5. The number of rotatable bonds is 5. The van der Waals surface area contributed by atoms with Crippen LogP contribution >= 0.6 is 23.4 Å². The number of aromatic nitrogens is 2. The van der Waals surface area contributed by atoms with E-state index in [4.69, 9.17) is 11.6 Å². The van der Waals surface area contributed by atoms with Crippen molar-refractivity contribution in [3.05, 3.63) is 46.9 Å². The second-order valence-electron chi connectivity index (χ2n) is 4.74. The topological polar surface area (TPSA) is 37.8 Å². The molecule has 0 fully saturated rings. The largest absolute Gasteiger partial charge is 0.373 e. The molecule has 0 saturated carbocycles. The summed E-state index contributed by atoms with van der Waals surface area (Å²) in [5.41, 5.74) is 1.07. The van der Waals surface area contributed by atoms with E-state index in [9.17, 15) is 0 Å². The zero-order valence-electron chi connectivity index (χ0n) is 11.9. The number of anilines is 1. The summed E-state index contributed by atoms with van der Waals surface area (Å²) in [5, 5.41) is 3.84. The Morgan fingerprint density at radius 3 is 2.50 bits per heavy atom. The van der Waals surface area contributed by atoms with Gasteiger partial charge in [-0.1, -0.05) is 25.4 Å². The number of nitrogens with one attached hydrogen (secondary N) is 1. The van der Waals surface area contributed by atoms with Crippen LogP contribution in [0.1, 0.15) is 31.3 Å². The molecule has 0 aliphatic heterocycles. The summed E-state index contributed by atoms with van der Waals surface area (Å²) in [6.45, 7) is 4.27. The average Bonchev–Trinajstić information content (AvgIpc) is 2.46. The molecule has 1 aromatic heterocycles. The molecule has 0 radical (unpaired) electrons. The van der Waals surface area contributed by atoms with E-state index in [0.29, 0.717) is 5.92 Å². The van der Waals surface area contributed by atoms with Crippen LogP contribution in [0.25, 0.3) is 0 Å². The van der Waals surface area contributed by atoms with Crippen molar-refractivity contribution in [2.75, 3.05) is 12.4 Å². The number of halogens is 1. The molecule has 0 unspecified atom stereocenters. The summed E-state index contributed by atoms with van der Waals surface area (Å²) in [7, 11) is 1.88. The normalized spacial score (nSPS) is 10.8. The molecule has 1 N–H and O–H groups in total. The first-order valence-electron chi connectivity index (χ1n) is 6.52. The molecule has 2 rings (SSSR count). The number of nitrogens with zero attached hydrogens (tertiary/aromatic N) is 2. The first kappa shape index (κ1) is 15.1. The van der Waals surface area contributed by atoms with Gasteiger partial charge in [0.05, 0.1) is 5.75 Å². The van der Waals surface area contributed by atoms with E-state index in [2.05, 4.69) is 29.1 Å². The summed E-state index contributed by atoms with van der Waals surface area (Å²) < 4.78 is 0. The lowest BCUT2D eigenvalue weighted by atomic mass is 10.1. The number of thioether (sulfide) groups is 1. The molecule has 0 amide bonds. The van der Waals surface area contributed by atoms with Gasteiger partial charge >= 0.3 is 0 Å². The van der Waals surface area contributed by atoms with Gasteiger partial charge < -0.3 is 5.32 Å². The summed E-state index contributed by atoms with van der Waals surface area (Å²) >= 11 is 7.59. The van der Waals surface area contributed by atoms with Crippen molar-refractivity contribution < 1.29 is 0 Å². The molecule has 5 heteroatoms. The summed E-state index contributed by atoms with van der Waals surface area (Å²) in [4.78, 5) is 10.3. The lowest BCUT2D eigenvalue weighted by Crippen LogP contribution is -2.04. The van der Waals surface area contributed by atoms with Crippen molar-refractivity contribution in [2.24, 2.45) is 0 Å². The summed E-state index contributed by atoms with van der Waals surface area (Å²) in [6.07, 6.45) is 0. The standard InChI is InChI=1S/C15H18ClN3S/c1-10(2)13-8-14(17-3)19-15(18-13)9-20-12-6-4-11(16)5-7-12/h4-8,10H,9H2,1-3H3,(H,17,18,19). The average molecular weight is 308 g/mol. The SMILES string of the molecule is CNc1cc(C(C)C)nc(CSc2ccc(Cl)cc2)n1. The fourth-order valence-electron chi connectivity index (χ4n) is 1.68. The zero-order valence-corrected chi connectivity index (χ0v) is 13.4. The van der Waals surface area contributed by atoms with E-state index >= 15 is 0 Å². The second kappa shape index (κ2) is 6.95. The van der Waals surface area contributed by atoms with Crippen LogP contribution in [-0.4, -0.2) is 17.0 Å². The summed E-state index contributed by atoms with van der Waals surface area (Å²) in [5.74, 6) is 2.86. The number of hydrogen-bond donors (Lipinski definition) is 1. The predicted molar refractivity (Wildman–Crippen MR) is 86.7 cm³/mol. The van der Waals surface area contributed by atoms with Gasteiger partial charge in [-0.3, -0.25) is 0 Å². The van der Waals surface area contributed by atoms with Crippen LogP contribution in [0.2, 0.25) is 5.02 Å². The van der Waals surface area contributed by atoms with Crippen LogP contribution in [0.3, 0.4) is 0 Å². The highest BCUT2D eigenvalue weighted by molar-refractivity contribution is 7.98. The van der Waals surface area contributed by atoms with Crippen molar-refractivity contribution >= 4 is 29.2 Å². The Balaban J connectivity index is 2.12. The van der Waals surface area contributed by atoms with E-state index in [1.54, 1.807) is 11.8 Å². The lowest BCUT2D eigenvalue weighted by molar-refractivity contribution is 0.800. The number of hydrogen-bond acceptors (Lipinski definition) is 4. The molecule has 1 heterocycles. The molecule has 0 atom stereocenters. The Labute approximate surface area is 129 Å². The Morgan fingerprint density at radius 2 is 1.90 bits per heavy atom. The molecule has 1 aromatic carbocycles. The van der Waals surface area contributed by atoms with Gasteiger partial charge in [-0.2, -0.15) is 0 Å². The van der Waals surface area contributed by atoms with E-state index in [-0.39, 0.29) is 0 Å². The second-order valence-corrected chi connectivity index (χ2v) is 6.23. The van der Waals surface area contributed by atoms with Gasteiger partial charge in [-0.25, -0.2) is 9.97 Å². The van der Waals surface area contributed by atoms with Gasteiger partial charge in [0.1, 0.15) is 11.6 Å². The van der Waals surface area contributed by atoms with E-state index in [0.717, 1.165) is 28.1 Å². The van der Waals surface area contributed by atoms with Crippen LogP contribution < -0.4 is 5.32 Å². The fourth-order valence-corrected chi connectivity index (χ4v) is 2.56. The monoisotopic (exact) mass is 307 g/mol. The van der Waals surface area contributed by atoms with Crippen molar-refractivity contribution in [3.8, 4) is 0 Å². The van der Waals surface area contributed by atoms with Crippen LogP contribution in [0.4, 0.5) is 5.82 Å². The molecule has 0 spiro atoms. The maximum atomic E-state index is 5.88. The van der Waals surface area contributed by atoms with Crippen molar-refractivity contribution in [3.63, 3.8) is 0 Å². The first-order chi connectivity index (χ1) is 9.58. The van der Waals surface area contributed by atoms with Gasteiger partial charge in [-0.05, 0) is 30.2 Å². The van der Waals surface area contributed by atoms with Gasteiger partial charge in [0.25, 0.3) is 0 Å². The van der Waals surface area contributed by atoms with Crippen LogP contribution in [-0.2, 0) is 5.75 Å². The molecule has 3 nitrogen and oxygen atoms in total.